The zero-order chi connectivity index (χ0) is 19.6. The molecule has 140 valence electrons. The lowest BCUT2D eigenvalue weighted by Gasteiger charge is -2.11. The van der Waals surface area contributed by atoms with Gasteiger partial charge in [0.15, 0.2) is 16.7 Å². The molecule has 0 N–H and O–H groups in total. The Balaban J connectivity index is 1.98. The molecule has 1 fully saturated rings. The lowest BCUT2D eigenvalue weighted by molar-refractivity contribution is -0.121. The van der Waals surface area contributed by atoms with E-state index in [0.29, 0.717) is 42.9 Å². The minimum Gasteiger partial charge on any atom is -0.493 e. The number of ether oxygens (including phenoxy) is 2. The standard InChI is InChI=1S/C19H16Cl2N2O3S/c1-23-18(24)16(27-19(23)22-14-6-4-12(20)5-7-14)9-11-8-13(21)10-15(25-2)17(11)26-3/h4-10H,1-3H3/b16-9-,22-19?. The number of hydrogen-bond acceptors (Lipinski definition) is 5. The molecule has 0 atom stereocenters. The molecule has 0 spiro atoms. The average molecular weight is 423 g/mol. The van der Waals surface area contributed by atoms with Crippen molar-refractivity contribution in [2.24, 2.45) is 4.99 Å². The summed E-state index contributed by atoms with van der Waals surface area (Å²) in [6.45, 7) is 0. The van der Waals surface area contributed by atoms with Crippen molar-refractivity contribution in [3.63, 3.8) is 0 Å². The summed E-state index contributed by atoms with van der Waals surface area (Å²) in [5.41, 5.74) is 1.36. The third-order valence-electron chi connectivity index (χ3n) is 3.81. The molecule has 1 aliphatic heterocycles. The van der Waals surface area contributed by atoms with Gasteiger partial charge in [0, 0.05) is 28.7 Å². The Kier molecular flexibility index (Phi) is 5.99. The number of thioether (sulfide) groups is 1. The molecule has 0 aromatic heterocycles. The number of aliphatic imine (C=N–C) groups is 1. The SMILES string of the molecule is COc1cc(Cl)cc(/C=C2\SC(=Nc3ccc(Cl)cc3)N(C)C2=O)c1OC. The third kappa shape index (κ3) is 4.24. The number of nitrogens with zero attached hydrogens (tertiary/aromatic N) is 2. The number of carbonyl (C=O) groups is 1. The molecule has 0 aliphatic carbocycles. The van der Waals surface area contributed by atoms with E-state index in [4.69, 9.17) is 32.7 Å². The Labute approximate surface area is 171 Å². The quantitative estimate of drug-likeness (QED) is 0.631. The summed E-state index contributed by atoms with van der Waals surface area (Å²) in [6, 6.07) is 10.5. The van der Waals surface area contributed by atoms with E-state index in [1.54, 1.807) is 49.5 Å². The summed E-state index contributed by atoms with van der Waals surface area (Å²) in [5.74, 6) is 0.845. The molecule has 1 heterocycles. The Morgan fingerprint density at radius 3 is 2.41 bits per heavy atom. The largest absolute Gasteiger partial charge is 0.493 e. The van der Waals surface area contributed by atoms with E-state index in [2.05, 4.69) is 4.99 Å². The molecule has 8 heteroatoms. The predicted molar refractivity (Wildman–Crippen MR) is 111 cm³/mol. The molecule has 2 aromatic rings. The van der Waals surface area contributed by atoms with Crippen molar-refractivity contribution < 1.29 is 14.3 Å². The molecule has 27 heavy (non-hydrogen) atoms. The number of carbonyl (C=O) groups excluding carboxylic acids is 1. The summed E-state index contributed by atoms with van der Waals surface area (Å²) in [5, 5.41) is 1.69. The van der Waals surface area contributed by atoms with Crippen LogP contribution in [-0.2, 0) is 4.79 Å². The van der Waals surface area contributed by atoms with Crippen LogP contribution in [0, 0.1) is 0 Å². The molecule has 0 bridgehead atoms. The van der Waals surface area contributed by atoms with Crippen molar-refractivity contribution in [1.29, 1.82) is 0 Å². The third-order valence-corrected chi connectivity index (χ3v) is 5.34. The summed E-state index contributed by atoms with van der Waals surface area (Å²) in [4.78, 5) is 19.2. The molecule has 1 aliphatic rings. The second kappa shape index (κ2) is 8.25. The first-order valence-electron chi connectivity index (χ1n) is 7.86. The zero-order valence-corrected chi connectivity index (χ0v) is 17.2. The van der Waals surface area contributed by atoms with Crippen molar-refractivity contribution in [3.8, 4) is 11.5 Å². The average Bonchev–Trinajstić information content (AvgIpc) is 2.91. The number of likely N-dealkylation sites (N-methyl/N-ethyl adjacent to an activating group) is 1. The van der Waals surface area contributed by atoms with Gasteiger partial charge in [-0.05, 0) is 48.2 Å². The van der Waals surface area contributed by atoms with Gasteiger partial charge in [-0.25, -0.2) is 4.99 Å². The maximum absolute atomic E-state index is 12.6. The molecule has 3 rings (SSSR count). The Hall–Kier alpha value is -2.15. The topological polar surface area (TPSA) is 51.1 Å². The molecule has 0 radical (unpaired) electrons. The minimum absolute atomic E-state index is 0.159. The Morgan fingerprint density at radius 1 is 1.07 bits per heavy atom. The first kappa shape index (κ1) is 19.6. The molecular formula is C19H16Cl2N2O3S. The summed E-state index contributed by atoms with van der Waals surface area (Å²) < 4.78 is 10.7. The van der Waals surface area contributed by atoms with Crippen LogP contribution < -0.4 is 9.47 Å². The first-order valence-corrected chi connectivity index (χ1v) is 9.43. The fourth-order valence-corrected chi connectivity index (χ4v) is 3.81. The summed E-state index contributed by atoms with van der Waals surface area (Å²) in [6.07, 6.45) is 1.72. The number of amidine groups is 1. The van der Waals surface area contributed by atoms with Crippen molar-refractivity contribution in [1.82, 2.24) is 4.90 Å². The molecule has 2 aromatic carbocycles. The maximum atomic E-state index is 12.6. The van der Waals surface area contributed by atoms with Gasteiger partial charge in [-0.1, -0.05) is 23.2 Å². The van der Waals surface area contributed by atoms with Gasteiger partial charge in [0.1, 0.15) is 0 Å². The van der Waals surface area contributed by atoms with Gasteiger partial charge >= 0.3 is 0 Å². The number of benzene rings is 2. The van der Waals surface area contributed by atoms with Gasteiger partial charge in [-0.15, -0.1) is 0 Å². The van der Waals surface area contributed by atoms with Gasteiger partial charge in [0.05, 0.1) is 24.8 Å². The molecule has 5 nitrogen and oxygen atoms in total. The van der Waals surface area contributed by atoms with E-state index in [0.717, 1.165) is 0 Å². The van der Waals surface area contributed by atoms with Crippen molar-refractivity contribution in [2.45, 2.75) is 0 Å². The Bertz CT molecular complexity index is 943. The monoisotopic (exact) mass is 422 g/mol. The van der Waals surface area contributed by atoms with E-state index < -0.39 is 0 Å². The number of rotatable bonds is 4. The van der Waals surface area contributed by atoms with E-state index in [1.807, 2.05) is 0 Å². The van der Waals surface area contributed by atoms with E-state index >= 15 is 0 Å². The molecule has 0 unspecified atom stereocenters. The normalized spacial score (nSPS) is 17.1. The van der Waals surface area contributed by atoms with Gasteiger partial charge in [0.25, 0.3) is 5.91 Å². The molecule has 1 amide bonds. The number of amides is 1. The summed E-state index contributed by atoms with van der Waals surface area (Å²) in [7, 11) is 4.75. The highest BCUT2D eigenvalue weighted by Gasteiger charge is 2.31. The molecular weight excluding hydrogens is 407 g/mol. The smallest absolute Gasteiger partial charge is 0.266 e. The van der Waals surface area contributed by atoms with Crippen LogP contribution in [0.2, 0.25) is 10.0 Å². The zero-order valence-electron chi connectivity index (χ0n) is 14.8. The van der Waals surface area contributed by atoms with Crippen LogP contribution in [-0.4, -0.2) is 37.2 Å². The highest BCUT2D eigenvalue weighted by atomic mass is 35.5. The highest BCUT2D eigenvalue weighted by Crippen LogP contribution is 2.39. The fraction of sp³-hybridized carbons (Fsp3) is 0.158. The molecule has 0 saturated carbocycles. The predicted octanol–water partition coefficient (Wildman–Crippen LogP) is 5.24. The van der Waals surface area contributed by atoms with E-state index in [9.17, 15) is 4.79 Å². The lowest BCUT2D eigenvalue weighted by Crippen LogP contribution is -2.23. The highest BCUT2D eigenvalue weighted by molar-refractivity contribution is 8.18. The molecule has 1 saturated heterocycles. The van der Waals surface area contributed by atoms with Gasteiger partial charge in [-0.3, -0.25) is 9.69 Å². The summed E-state index contributed by atoms with van der Waals surface area (Å²) >= 11 is 13.3. The van der Waals surface area contributed by atoms with Crippen molar-refractivity contribution in [3.05, 3.63) is 56.9 Å². The van der Waals surface area contributed by atoms with Crippen LogP contribution in [0.15, 0.2) is 46.3 Å². The van der Waals surface area contributed by atoms with Crippen molar-refractivity contribution >= 4 is 57.8 Å². The number of hydrogen-bond donors (Lipinski definition) is 0. The van der Waals surface area contributed by atoms with Gasteiger partial charge < -0.3 is 9.47 Å². The lowest BCUT2D eigenvalue weighted by atomic mass is 10.1. The van der Waals surface area contributed by atoms with Gasteiger partial charge in [-0.2, -0.15) is 0 Å². The van der Waals surface area contributed by atoms with E-state index in [1.165, 1.54) is 30.9 Å². The van der Waals surface area contributed by atoms with E-state index in [-0.39, 0.29) is 5.91 Å². The maximum Gasteiger partial charge on any atom is 0.266 e. The fourth-order valence-electron chi connectivity index (χ4n) is 2.49. The second-order valence-corrected chi connectivity index (χ2v) is 7.46. The van der Waals surface area contributed by atoms with Crippen molar-refractivity contribution in [2.75, 3.05) is 21.3 Å². The second-order valence-electron chi connectivity index (χ2n) is 5.58. The van der Waals surface area contributed by atoms with Crippen LogP contribution >= 0.6 is 35.0 Å². The van der Waals surface area contributed by atoms with Crippen LogP contribution in [0.3, 0.4) is 0 Å². The number of methoxy groups -OCH3 is 2. The first-order chi connectivity index (χ1) is 12.9. The van der Waals surface area contributed by atoms with Crippen LogP contribution in [0.4, 0.5) is 5.69 Å². The van der Waals surface area contributed by atoms with Crippen LogP contribution in [0.25, 0.3) is 6.08 Å². The van der Waals surface area contributed by atoms with Crippen LogP contribution in [0.5, 0.6) is 11.5 Å². The van der Waals surface area contributed by atoms with Crippen LogP contribution in [0.1, 0.15) is 5.56 Å². The minimum atomic E-state index is -0.159. The van der Waals surface area contributed by atoms with Gasteiger partial charge in [0.2, 0.25) is 0 Å². The number of halogens is 2. The Morgan fingerprint density at radius 2 is 1.78 bits per heavy atom.